The normalized spacial score (nSPS) is 11.8. The van der Waals surface area contributed by atoms with Gasteiger partial charge in [-0.25, -0.2) is 13.1 Å². The molecule has 0 atom stereocenters. The zero-order chi connectivity index (χ0) is 9.45. The van der Waals surface area contributed by atoms with Crippen LogP contribution < -0.4 is 4.72 Å². The van der Waals surface area contributed by atoms with Crippen molar-refractivity contribution in [2.24, 2.45) is 0 Å². The van der Waals surface area contributed by atoms with Crippen LogP contribution in [0.5, 0.6) is 0 Å². The van der Waals surface area contributed by atoms with E-state index < -0.39 is 10.0 Å². The molecule has 0 rings (SSSR count). The minimum absolute atomic E-state index is 0.00617. The standard InChI is InChI=1S/C7H16BrNO2S/c1-2-3-4-5-6-9-12(10,11)7-8/h9H,2-7H2,1H3. The molecule has 0 aromatic rings. The average molecular weight is 258 g/mol. The van der Waals surface area contributed by atoms with Crippen LogP contribution in [-0.2, 0) is 10.0 Å². The third kappa shape index (κ3) is 7.06. The van der Waals surface area contributed by atoms with Gasteiger partial charge in [-0.2, -0.15) is 0 Å². The summed E-state index contributed by atoms with van der Waals surface area (Å²) >= 11 is 2.90. The molecule has 0 aliphatic carbocycles. The Kier molecular flexibility index (Phi) is 7.08. The summed E-state index contributed by atoms with van der Waals surface area (Å²) in [5, 5.41) is 0. The van der Waals surface area contributed by atoms with Crippen LogP contribution >= 0.6 is 15.9 Å². The lowest BCUT2D eigenvalue weighted by Gasteiger charge is -2.02. The molecular formula is C7H16BrNO2S. The minimum atomic E-state index is -3.04. The van der Waals surface area contributed by atoms with E-state index in [1.165, 1.54) is 12.8 Å². The van der Waals surface area contributed by atoms with Gasteiger partial charge in [-0.3, -0.25) is 0 Å². The first-order valence-corrected chi connectivity index (χ1v) is 6.93. The highest BCUT2D eigenvalue weighted by atomic mass is 79.9. The van der Waals surface area contributed by atoms with Gasteiger partial charge >= 0.3 is 0 Å². The minimum Gasteiger partial charge on any atom is -0.215 e. The quantitative estimate of drug-likeness (QED) is 0.559. The Labute approximate surface area is 83.1 Å². The highest BCUT2D eigenvalue weighted by Gasteiger charge is 2.04. The van der Waals surface area contributed by atoms with E-state index in [1.807, 2.05) is 0 Å². The molecule has 0 saturated heterocycles. The summed E-state index contributed by atoms with van der Waals surface area (Å²) in [5.74, 6) is 0. The van der Waals surface area contributed by atoms with E-state index in [0.717, 1.165) is 12.8 Å². The Morgan fingerprint density at radius 3 is 2.42 bits per heavy atom. The maximum atomic E-state index is 10.9. The maximum absolute atomic E-state index is 10.9. The molecule has 0 unspecified atom stereocenters. The molecule has 0 bridgehead atoms. The number of nitrogens with one attached hydrogen (secondary N) is 1. The van der Waals surface area contributed by atoms with Gasteiger partial charge in [0.2, 0.25) is 10.0 Å². The summed E-state index contributed by atoms with van der Waals surface area (Å²) < 4.78 is 24.2. The summed E-state index contributed by atoms with van der Waals surface area (Å²) in [4.78, 5) is 0. The molecule has 0 amide bonds. The van der Waals surface area contributed by atoms with Gasteiger partial charge in [0, 0.05) is 6.54 Å². The number of rotatable bonds is 7. The summed E-state index contributed by atoms with van der Waals surface area (Å²) in [5.41, 5.74) is 0. The second kappa shape index (κ2) is 6.86. The topological polar surface area (TPSA) is 46.2 Å². The van der Waals surface area contributed by atoms with Crippen molar-refractivity contribution in [2.45, 2.75) is 32.6 Å². The highest BCUT2D eigenvalue weighted by molar-refractivity contribution is 9.10. The van der Waals surface area contributed by atoms with Gasteiger partial charge in [0.05, 0.1) is 0 Å². The molecule has 0 aromatic carbocycles. The fourth-order valence-electron chi connectivity index (χ4n) is 0.818. The summed E-state index contributed by atoms with van der Waals surface area (Å²) in [6.45, 7) is 2.69. The van der Waals surface area contributed by atoms with E-state index in [9.17, 15) is 8.42 Å². The number of hydrogen-bond acceptors (Lipinski definition) is 2. The van der Waals surface area contributed by atoms with Crippen LogP contribution in [0.15, 0.2) is 0 Å². The molecule has 0 fully saturated rings. The van der Waals surface area contributed by atoms with Crippen LogP contribution in [0, 0.1) is 0 Å². The molecule has 74 valence electrons. The van der Waals surface area contributed by atoms with Crippen molar-refractivity contribution in [1.82, 2.24) is 4.72 Å². The van der Waals surface area contributed by atoms with Crippen molar-refractivity contribution in [3.8, 4) is 0 Å². The van der Waals surface area contributed by atoms with E-state index in [0.29, 0.717) is 6.54 Å². The zero-order valence-electron chi connectivity index (χ0n) is 7.35. The van der Waals surface area contributed by atoms with Crippen LogP contribution in [0.4, 0.5) is 0 Å². The third-order valence-corrected chi connectivity index (χ3v) is 4.24. The molecule has 0 aliphatic rings. The van der Waals surface area contributed by atoms with Gasteiger partial charge in [0.25, 0.3) is 0 Å². The molecule has 12 heavy (non-hydrogen) atoms. The van der Waals surface area contributed by atoms with E-state index in [1.54, 1.807) is 0 Å². The van der Waals surface area contributed by atoms with Crippen molar-refractivity contribution < 1.29 is 8.42 Å². The fourth-order valence-corrected chi connectivity index (χ4v) is 1.84. The van der Waals surface area contributed by atoms with Gasteiger partial charge in [0.15, 0.2) is 0 Å². The lowest BCUT2D eigenvalue weighted by Crippen LogP contribution is -2.25. The molecule has 0 heterocycles. The fraction of sp³-hybridized carbons (Fsp3) is 1.00. The third-order valence-electron chi connectivity index (χ3n) is 1.50. The van der Waals surface area contributed by atoms with Crippen molar-refractivity contribution >= 4 is 26.0 Å². The zero-order valence-corrected chi connectivity index (χ0v) is 9.75. The molecule has 0 spiro atoms. The first-order chi connectivity index (χ1) is 5.62. The Bertz CT molecular complexity index is 192. The highest BCUT2D eigenvalue weighted by Crippen LogP contribution is 1.98. The average Bonchev–Trinajstić information content (AvgIpc) is 2.04. The number of alkyl halides is 1. The second-order valence-electron chi connectivity index (χ2n) is 2.68. The Morgan fingerprint density at radius 2 is 1.92 bits per heavy atom. The van der Waals surface area contributed by atoms with Crippen LogP contribution in [0.25, 0.3) is 0 Å². The van der Waals surface area contributed by atoms with Crippen LogP contribution in [0.1, 0.15) is 32.6 Å². The van der Waals surface area contributed by atoms with Crippen LogP contribution in [-0.4, -0.2) is 19.6 Å². The monoisotopic (exact) mass is 257 g/mol. The van der Waals surface area contributed by atoms with Crippen molar-refractivity contribution in [1.29, 1.82) is 0 Å². The van der Waals surface area contributed by atoms with Crippen molar-refractivity contribution in [3.63, 3.8) is 0 Å². The Morgan fingerprint density at radius 1 is 1.25 bits per heavy atom. The van der Waals surface area contributed by atoms with E-state index in [-0.39, 0.29) is 4.66 Å². The summed E-state index contributed by atoms with van der Waals surface area (Å²) in [6.07, 6.45) is 4.38. The molecule has 1 N–H and O–H groups in total. The second-order valence-corrected chi connectivity index (χ2v) is 5.79. The maximum Gasteiger partial charge on any atom is 0.221 e. The van der Waals surface area contributed by atoms with E-state index >= 15 is 0 Å². The van der Waals surface area contributed by atoms with Gasteiger partial charge in [0.1, 0.15) is 4.66 Å². The summed E-state index contributed by atoms with van der Waals surface area (Å²) in [7, 11) is -3.04. The molecule has 0 radical (unpaired) electrons. The van der Waals surface area contributed by atoms with Crippen LogP contribution in [0.2, 0.25) is 0 Å². The summed E-state index contributed by atoms with van der Waals surface area (Å²) in [6, 6.07) is 0. The first kappa shape index (κ1) is 12.4. The first-order valence-electron chi connectivity index (χ1n) is 4.15. The number of sulfonamides is 1. The van der Waals surface area contributed by atoms with E-state index in [4.69, 9.17) is 0 Å². The van der Waals surface area contributed by atoms with E-state index in [2.05, 4.69) is 27.6 Å². The van der Waals surface area contributed by atoms with Gasteiger partial charge in [-0.05, 0) is 6.42 Å². The Hall–Kier alpha value is 0.390. The van der Waals surface area contributed by atoms with Gasteiger partial charge < -0.3 is 0 Å². The molecule has 0 aliphatic heterocycles. The lowest BCUT2D eigenvalue weighted by molar-refractivity contribution is 0.578. The largest absolute Gasteiger partial charge is 0.221 e. The number of unbranched alkanes of at least 4 members (excludes halogenated alkanes) is 3. The molecular weight excluding hydrogens is 242 g/mol. The lowest BCUT2D eigenvalue weighted by atomic mass is 10.2. The number of hydrogen-bond donors (Lipinski definition) is 1. The van der Waals surface area contributed by atoms with Gasteiger partial charge in [-0.15, -0.1) is 0 Å². The van der Waals surface area contributed by atoms with Crippen molar-refractivity contribution in [3.05, 3.63) is 0 Å². The Balaban J connectivity index is 3.32. The molecule has 0 aromatic heterocycles. The van der Waals surface area contributed by atoms with Crippen LogP contribution in [0.3, 0.4) is 0 Å². The predicted molar refractivity (Wildman–Crippen MR) is 54.9 cm³/mol. The van der Waals surface area contributed by atoms with Gasteiger partial charge in [-0.1, -0.05) is 42.1 Å². The SMILES string of the molecule is CCCCCCNS(=O)(=O)CBr. The molecule has 0 saturated carbocycles. The smallest absolute Gasteiger partial charge is 0.215 e. The molecule has 5 heteroatoms. The van der Waals surface area contributed by atoms with Crippen molar-refractivity contribution in [2.75, 3.05) is 11.2 Å². The molecule has 3 nitrogen and oxygen atoms in total. The number of halogens is 1. The predicted octanol–water partition coefficient (Wildman–Crippen LogP) is 1.84.